The highest BCUT2D eigenvalue weighted by atomic mass is 79.9. The Morgan fingerprint density at radius 2 is 1.80 bits per heavy atom. The molecule has 2 aromatic carbocycles. The molecule has 35 heavy (non-hydrogen) atoms. The second-order valence-corrected chi connectivity index (χ2v) is 9.51. The summed E-state index contributed by atoms with van der Waals surface area (Å²) in [5.41, 5.74) is 1.78. The smallest absolute Gasteiger partial charge is 0.308 e. The van der Waals surface area contributed by atoms with Crippen LogP contribution in [-0.2, 0) is 16.8 Å². The van der Waals surface area contributed by atoms with E-state index in [4.69, 9.17) is 14.2 Å². The zero-order valence-corrected chi connectivity index (χ0v) is 22.4. The minimum atomic E-state index is -0.568. The summed E-state index contributed by atoms with van der Waals surface area (Å²) in [6, 6.07) is 6.75. The first-order valence-corrected chi connectivity index (χ1v) is 12.1. The van der Waals surface area contributed by atoms with Crippen molar-refractivity contribution >= 4 is 33.7 Å². The quantitative estimate of drug-likeness (QED) is 0.242. The fourth-order valence-corrected chi connectivity index (χ4v) is 4.43. The molecule has 9 heteroatoms. The van der Waals surface area contributed by atoms with Crippen LogP contribution in [0.15, 0.2) is 28.3 Å². The number of hydrogen-bond donors (Lipinski definition) is 0. The molecule has 188 valence electrons. The molecular formula is C26H30BrFN2O5. The molecule has 0 amide bonds. The summed E-state index contributed by atoms with van der Waals surface area (Å²) in [7, 11) is 0. The van der Waals surface area contributed by atoms with E-state index in [0.717, 1.165) is 5.56 Å². The minimum Gasteiger partial charge on any atom is -0.490 e. The summed E-state index contributed by atoms with van der Waals surface area (Å²) in [6.07, 6.45) is 0. The van der Waals surface area contributed by atoms with Gasteiger partial charge in [0, 0.05) is 24.6 Å². The van der Waals surface area contributed by atoms with E-state index in [1.54, 1.807) is 36.1 Å². The van der Waals surface area contributed by atoms with Gasteiger partial charge in [0.1, 0.15) is 11.6 Å². The normalized spacial score (nSPS) is 14.2. The SMILES string of the molecule is CCOc1cc2c(c(F)c1OCC)/C(=N/Br)N(CC(=O)c1ccc(OC(C)=O)c(C(C)(C)C)c1)C2. The van der Waals surface area contributed by atoms with E-state index in [-0.39, 0.29) is 42.2 Å². The molecule has 0 saturated heterocycles. The van der Waals surface area contributed by atoms with Gasteiger partial charge >= 0.3 is 5.97 Å². The van der Waals surface area contributed by atoms with Gasteiger partial charge in [-0.15, -0.1) is 0 Å². The zero-order chi connectivity index (χ0) is 25.9. The number of Topliss-reactive ketones (excluding diaryl/α,β-unsaturated/α-hetero) is 1. The molecule has 0 N–H and O–H groups in total. The maximum atomic E-state index is 15.5. The molecule has 0 bridgehead atoms. The van der Waals surface area contributed by atoms with Crippen LogP contribution < -0.4 is 14.2 Å². The Balaban J connectivity index is 1.93. The Morgan fingerprint density at radius 1 is 1.11 bits per heavy atom. The first-order valence-electron chi connectivity index (χ1n) is 11.4. The van der Waals surface area contributed by atoms with E-state index < -0.39 is 11.8 Å². The second kappa shape index (κ2) is 10.8. The van der Waals surface area contributed by atoms with Gasteiger partial charge < -0.3 is 19.1 Å². The Bertz CT molecular complexity index is 1170. The molecule has 0 saturated carbocycles. The number of carbonyl (C=O) groups is 2. The van der Waals surface area contributed by atoms with E-state index in [2.05, 4.69) is 20.2 Å². The highest BCUT2D eigenvalue weighted by Gasteiger charge is 2.34. The van der Waals surface area contributed by atoms with E-state index in [9.17, 15) is 9.59 Å². The third-order valence-corrected chi connectivity index (χ3v) is 5.86. The van der Waals surface area contributed by atoms with Crippen LogP contribution in [0.2, 0.25) is 0 Å². The number of benzene rings is 2. The number of ketones is 1. The van der Waals surface area contributed by atoms with Gasteiger partial charge in [0.05, 0.1) is 41.5 Å². The molecule has 0 atom stereocenters. The van der Waals surface area contributed by atoms with Crippen molar-refractivity contribution < 1.29 is 28.2 Å². The van der Waals surface area contributed by atoms with Gasteiger partial charge in [-0.2, -0.15) is 4.02 Å². The summed E-state index contributed by atoms with van der Waals surface area (Å²) < 4.78 is 36.0. The number of halogens is 2. The number of hydrogen-bond acceptors (Lipinski definition) is 6. The van der Waals surface area contributed by atoms with Gasteiger partial charge in [-0.1, -0.05) is 20.8 Å². The number of fused-ring (bicyclic) bond motifs is 1. The third kappa shape index (κ3) is 5.66. The van der Waals surface area contributed by atoms with Crippen molar-refractivity contribution in [3.05, 3.63) is 52.3 Å². The van der Waals surface area contributed by atoms with Crippen LogP contribution in [0.25, 0.3) is 0 Å². The van der Waals surface area contributed by atoms with Crippen LogP contribution in [0.3, 0.4) is 0 Å². The number of amidine groups is 1. The molecule has 3 rings (SSSR count). The first kappa shape index (κ1) is 26.7. The average Bonchev–Trinajstić information content (AvgIpc) is 3.12. The fourth-order valence-electron chi connectivity index (χ4n) is 4.03. The number of carbonyl (C=O) groups excluding carboxylic acids is 2. The molecule has 1 heterocycles. The standard InChI is InChI=1S/C26H30BrFN2O5/c1-7-33-21-12-17-13-30(25(29-27)22(17)23(28)24(21)34-8-2)14-19(32)16-9-10-20(35-15(3)31)18(11-16)26(4,5)6/h9-12H,7-8,13-14H2,1-6H3/b29-25-. The third-order valence-electron chi connectivity index (χ3n) is 5.52. The summed E-state index contributed by atoms with van der Waals surface area (Å²) in [5.74, 6) is -0.0883. The lowest BCUT2D eigenvalue weighted by Crippen LogP contribution is -2.31. The van der Waals surface area contributed by atoms with Gasteiger partial charge in [-0.05, 0) is 49.1 Å². The van der Waals surface area contributed by atoms with Gasteiger partial charge in [0.2, 0.25) is 0 Å². The molecule has 7 nitrogen and oxygen atoms in total. The first-order chi connectivity index (χ1) is 16.5. The summed E-state index contributed by atoms with van der Waals surface area (Å²) in [4.78, 5) is 26.5. The fraction of sp³-hybridized carbons (Fsp3) is 0.423. The number of rotatable bonds is 8. The van der Waals surface area contributed by atoms with Crippen molar-refractivity contribution in [3.63, 3.8) is 0 Å². The van der Waals surface area contributed by atoms with E-state index in [1.807, 2.05) is 27.7 Å². The number of nitrogens with zero attached hydrogens (tertiary/aromatic N) is 2. The molecule has 0 spiro atoms. The predicted octanol–water partition coefficient (Wildman–Crippen LogP) is 5.60. The molecule has 1 aliphatic rings. The lowest BCUT2D eigenvalue weighted by atomic mass is 9.85. The highest BCUT2D eigenvalue weighted by molar-refractivity contribution is 9.08. The molecule has 0 radical (unpaired) electrons. The lowest BCUT2D eigenvalue weighted by Gasteiger charge is -2.23. The Kier molecular flexibility index (Phi) is 8.20. The van der Waals surface area contributed by atoms with Gasteiger partial charge in [-0.3, -0.25) is 9.59 Å². The molecule has 2 aromatic rings. The molecule has 0 unspecified atom stereocenters. The van der Waals surface area contributed by atoms with E-state index in [0.29, 0.717) is 35.1 Å². The Morgan fingerprint density at radius 3 is 2.37 bits per heavy atom. The van der Waals surface area contributed by atoms with Crippen LogP contribution in [0, 0.1) is 5.82 Å². The molecule has 0 fully saturated rings. The summed E-state index contributed by atoms with van der Waals surface area (Å²) in [6.45, 7) is 11.8. The zero-order valence-electron chi connectivity index (χ0n) is 20.8. The second-order valence-electron chi connectivity index (χ2n) is 9.16. The maximum Gasteiger partial charge on any atom is 0.308 e. The van der Waals surface area contributed by atoms with Crippen molar-refractivity contribution in [2.24, 2.45) is 4.02 Å². The van der Waals surface area contributed by atoms with Crippen molar-refractivity contribution in [1.29, 1.82) is 0 Å². The minimum absolute atomic E-state index is 0.0248. The summed E-state index contributed by atoms with van der Waals surface area (Å²) >= 11 is 3.10. The maximum absolute atomic E-state index is 15.5. The van der Waals surface area contributed by atoms with Crippen LogP contribution in [-0.4, -0.2) is 42.2 Å². The number of ether oxygens (including phenoxy) is 3. The van der Waals surface area contributed by atoms with Crippen LogP contribution in [0.5, 0.6) is 17.2 Å². The van der Waals surface area contributed by atoms with E-state index in [1.165, 1.54) is 6.92 Å². The van der Waals surface area contributed by atoms with Crippen LogP contribution >= 0.6 is 16.1 Å². The Hall–Kier alpha value is -2.94. The van der Waals surface area contributed by atoms with Crippen LogP contribution in [0.1, 0.15) is 68.6 Å². The van der Waals surface area contributed by atoms with Crippen molar-refractivity contribution in [2.45, 2.75) is 53.5 Å². The molecule has 0 aromatic heterocycles. The molecule has 0 aliphatic carbocycles. The average molecular weight is 549 g/mol. The summed E-state index contributed by atoms with van der Waals surface area (Å²) in [5, 5.41) is 0. The van der Waals surface area contributed by atoms with Gasteiger partial charge in [0.25, 0.3) is 0 Å². The van der Waals surface area contributed by atoms with Crippen molar-refractivity contribution in [3.8, 4) is 17.2 Å². The lowest BCUT2D eigenvalue weighted by molar-refractivity contribution is -0.131. The monoisotopic (exact) mass is 548 g/mol. The van der Waals surface area contributed by atoms with Crippen molar-refractivity contribution in [2.75, 3.05) is 19.8 Å². The van der Waals surface area contributed by atoms with Gasteiger partial charge in [0.15, 0.2) is 23.1 Å². The highest BCUT2D eigenvalue weighted by Crippen LogP contribution is 2.40. The topological polar surface area (TPSA) is 77.4 Å². The largest absolute Gasteiger partial charge is 0.490 e. The Labute approximate surface area is 213 Å². The molecular weight excluding hydrogens is 519 g/mol. The number of esters is 1. The van der Waals surface area contributed by atoms with Crippen LogP contribution in [0.4, 0.5) is 4.39 Å². The molecule has 1 aliphatic heterocycles. The van der Waals surface area contributed by atoms with Gasteiger partial charge in [-0.25, -0.2) is 4.39 Å². The predicted molar refractivity (Wildman–Crippen MR) is 135 cm³/mol. The van der Waals surface area contributed by atoms with E-state index >= 15 is 4.39 Å². The van der Waals surface area contributed by atoms with Crippen molar-refractivity contribution in [1.82, 2.24) is 4.90 Å².